The Morgan fingerprint density at radius 1 is 1.47 bits per heavy atom. The molecule has 1 atom stereocenters. The SMILES string of the molecule is CC1(c2ccccc2)CN(C(=O)CN)CCO1. The normalized spacial score (nSPS) is 24.7. The molecular weight excluding hydrogens is 216 g/mol. The lowest BCUT2D eigenvalue weighted by molar-refractivity contribution is -0.148. The van der Waals surface area contributed by atoms with Crippen molar-refractivity contribution < 1.29 is 9.53 Å². The number of amides is 1. The molecule has 1 aromatic rings. The smallest absolute Gasteiger partial charge is 0.236 e. The van der Waals surface area contributed by atoms with Gasteiger partial charge in [0.15, 0.2) is 0 Å². The Hall–Kier alpha value is -1.39. The van der Waals surface area contributed by atoms with Crippen molar-refractivity contribution in [1.29, 1.82) is 0 Å². The first-order chi connectivity index (χ1) is 8.15. The van der Waals surface area contributed by atoms with Crippen LogP contribution < -0.4 is 5.73 Å². The van der Waals surface area contributed by atoms with Crippen LogP contribution >= 0.6 is 0 Å². The van der Waals surface area contributed by atoms with Gasteiger partial charge in [-0.25, -0.2) is 0 Å². The fourth-order valence-corrected chi connectivity index (χ4v) is 2.18. The summed E-state index contributed by atoms with van der Waals surface area (Å²) in [7, 11) is 0. The second kappa shape index (κ2) is 4.85. The van der Waals surface area contributed by atoms with Crippen LogP contribution in [0.1, 0.15) is 12.5 Å². The first-order valence-electron chi connectivity index (χ1n) is 5.83. The number of carbonyl (C=O) groups is 1. The van der Waals surface area contributed by atoms with Gasteiger partial charge in [-0.05, 0) is 12.5 Å². The Balaban J connectivity index is 2.18. The molecule has 1 aromatic carbocycles. The second-order valence-corrected chi connectivity index (χ2v) is 4.46. The quantitative estimate of drug-likeness (QED) is 0.820. The zero-order chi connectivity index (χ0) is 12.3. The molecule has 1 unspecified atom stereocenters. The third-order valence-electron chi connectivity index (χ3n) is 3.19. The summed E-state index contributed by atoms with van der Waals surface area (Å²) >= 11 is 0. The van der Waals surface area contributed by atoms with E-state index in [9.17, 15) is 4.79 Å². The molecule has 1 aliphatic rings. The van der Waals surface area contributed by atoms with Crippen LogP contribution in [0.4, 0.5) is 0 Å². The van der Waals surface area contributed by atoms with Crippen molar-refractivity contribution in [3.8, 4) is 0 Å². The summed E-state index contributed by atoms with van der Waals surface area (Å²) < 4.78 is 5.84. The molecule has 1 heterocycles. The summed E-state index contributed by atoms with van der Waals surface area (Å²) in [5, 5.41) is 0. The van der Waals surface area contributed by atoms with Gasteiger partial charge in [0, 0.05) is 6.54 Å². The van der Waals surface area contributed by atoms with Gasteiger partial charge in [0.1, 0.15) is 5.60 Å². The van der Waals surface area contributed by atoms with Crippen molar-refractivity contribution in [2.24, 2.45) is 5.73 Å². The molecule has 1 aliphatic heterocycles. The van der Waals surface area contributed by atoms with Gasteiger partial charge in [-0.15, -0.1) is 0 Å². The highest BCUT2D eigenvalue weighted by Gasteiger charge is 2.35. The average molecular weight is 234 g/mol. The standard InChI is InChI=1S/C13H18N2O2/c1-13(11-5-3-2-4-6-11)10-15(7-8-17-13)12(16)9-14/h2-6H,7-10,14H2,1H3. The Bertz CT molecular complexity index is 394. The number of morpholine rings is 1. The minimum Gasteiger partial charge on any atom is -0.367 e. The van der Waals surface area contributed by atoms with E-state index in [4.69, 9.17) is 10.5 Å². The van der Waals surface area contributed by atoms with Crippen LogP contribution in [0.3, 0.4) is 0 Å². The van der Waals surface area contributed by atoms with Gasteiger partial charge < -0.3 is 15.4 Å². The first kappa shape index (κ1) is 12.1. The number of rotatable bonds is 2. The minimum atomic E-state index is -0.426. The Morgan fingerprint density at radius 2 is 2.18 bits per heavy atom. The summed E-state index contributed by atoms with van der Waals surface area (Å²) in [6.45, 7) is 3.81. The number of hydrogen-bond donors (Lipinski definition) is 1. The van der Waals surface area contributed by atoms with Crippen LogP contribution in [-0.2, 0) is 15.1 Å². The molecule has 0 saturated carbocycles. The van der Waals surface area contributed by atoms with Gasteiger partial charge >= 0.3 is 0 Å². The topological polar surface area (TPSA) is 55.6 Å². The number of nitrogens with zero attached hydrogens (tertiary/aromatic N) is 1. The average Bonchev–Trinajstić information content (AvgIpc) is 2.39. The minimum absolute atomic E-state index is 0.0181. The molecule has 0 bridgehead atoms. The molecule has 0 aliphatic carbocycles. The van der Waals surface area contributed by atoms with Gasteiger partial charge in [0.05, 0.1) is 19.7 Å². The predicted octanol–water partition coefficient (Wildman–Crippen LogP) is 0.719. The van der Waals surface area contributed by atoms with E-state index in [-0.39, 0.29) is 12.5 Å². The number of ether oxygens (including phenoxy) is 1. The molecular formula is C13H18N2O2. The molecule has 4 heteroatoms. The van der Waals surface area contributed by atoms with E-state index in [0.29, 0.717) is 19.7 Å². The van der Waals surface area contributed by atoms with Crippen molar-refractivity contribution >= 4 is 5.91 Å². The van der Waals surface area contributed by atoms with Crippen LogP contribution in [-0.4, -0.2) is 37.0 Å². The Kier molecular flexibility index (Phi) is 3.45. The van der Waals surface area contributed by atoms with Crippen LogP contribution in [0.2, 0.25) is 0 Å². The molecule has 0 radical (unpaired) electrons. The zero-order valence-corrected chi connectivity index (χ0v) is 10.1. The number of hydrogen-bond acceptors (Lipinski definition) is 3. The number of nitrogens with two attached hydrogens (primary N) is 1. The molecule has 92 valence electrons. The molecule has 1 saturated heterocycles. The van der Waals surface area contributed by atoms with Crippen molar-refractivity contribution in [2.45, 2.75) is 12.5 Å². The zero-order valence-electron chi connectivity index (χ0n) is 10.1. The molecule has 2 N–H and O–H groups in total. The van der Waals surface area contributed by atoms with Crippen molar-refractivity contribution in [2.75, 3.05) is 26.2 Å². The van der Waals surface area contributed by atoms with Crippen LogP contribution in [0.25, 0.3) is 0 Å². The van der Waals surface area contributed by atoms with Gasteiger partial charge in [-0.1, -0.05) is 30.3 Å². The maximum atomic E-state index is 11.6. The van der Waals surface area contributed by atoms with Crippen molar-refractivity contribution in [3.05, 3.63) is 35.9 Å². The van der Waals surface area contributed by atoms with E-state index < -0.39 is 5.60 Å². The molecule has 4 nitrogen and oxygen atoms in total. The second-order valence-electron chi connectivity index (χ2n) is 4.46. The van der Waals surface area contributed by atoms with Gasteiger partial charge in [-0.2, -0.15) is 0 Å². The fraction of sp³-hybridized carbons (Fsp3) is 0.462. The lowest BCUT2D eigenvalue weighted by Crippen LogP contribution is -2.51. The highest BCUT2D eigenvalue weighted by atomic mass is 16.5. The van der Waals surface area contributed by atoms with E-state index in [0.717, 1.165) is 5.56 Å². The van der Waals surface area contributed by atoms with Gasteiger partial charge in [-0.3, -0.25) is 4.79 Å². The van der Waals surface area contributed by atoms with E-state index in [1.54, 1.807) is 4.90 Å². The largest absolute Gasteiger partial charge is 0.367 e. The fourth-order valence-electron chi connectivity index (χ4n) is 2.18. The number of benzene rings is 1. The first-order valence-corrected chi connectivity index (χ1v) is 5.83. The Morgan fingerprint density at radius 3 is 2.82 bits per heavy atom. The highest BCUT2D eigenvalue weighted by molar-refractivity contribution is 5.78. The molecule has 0 spiro atoms. The molecule has 17 heavy (non-hydrogen) atoms. The maximum Gasteiger partial charge on any atom is 0.236 e. The molecule has 0 aromatic heterocycles. The molecule has 1 fully saturated rings. The summed E-state index contributed by atoms with van der Waals surface area (Å²) in [4.78, 5) is 13.4. The third-order valence-corrected chi connectivity index (χ3v) is 3.19. The molecule has 2 rings (SSSR count). The van der Waals surface area contributed by atoms with Crippen molar-refractivity contribution in [1.82, 2.24) is 4.90 Å². The van der Waals surface area contributed by atoms with Gasteiger partial charge in [0.2, 0.25) is 5.91 Å². The lowest BCUT2D eigenvalue weighted by Gasteiger charge is -2.40. The van der Waals surface area contributed by atoms with Crippen LogP contribution in [0.5, 0.6) is 0 Å². The van der Waals surface area contributed by atoms with Crippen LogP contribution in [0, 0.1) is 0 Å². The Labute approximate surface area is 101 Å². The number of carbonyl (C=O) groups excluding carboxylic acids is 1. The summed E-state index contributed by atoms with van der Waals surface area (Å²) in [5.41, 5.74) is 6.06. The van der Waals surface area contributed by atoms with E-state index in [1.165, 1.54) is 0 Å². The summed E-state index contributed by atoms with van der Waals surface area (Å²) in [5.74, 6) is -0.0181. The van der Waals surface area contributed by atoms with Gasteiger partial charge in [0.25, 0.3) is 0 Å². The maximum absolute atomic E-state index is 11.6. The molecule has 1 amide bonds. The highest BCUT2D eigenvalue weighted by Crippen LogP contribution is 2.29. The lowest BCUT2D eigenvalue weighted by atomic mass is 9.94. The third kappa shape index (κ3) is 2.48. The van der Waals surface area contributed by atoms with Crippen LogP contribution in [0.15, 0.2) is 30.3 Å². The summed E-state index contributed by atoms with van der Waals surface area (Å²) in [6, 6.07) is 9.98. The monoisotopic (exact) mass is 234 g/mol. The van der Waals surface area contributed by atoms with Crippen molar-refractivity contribution in [3.63, 3.8) is 0 Å². The summed E-state index contributed by atoms with van der Waals surface area (Å²) in [6.07, 6.45) is 0. The van der Waals surface area contributed by atoms with E-state index >= 15 is 0 Å². The predicted molar refractivity (Wildman–Crippen MR) is 65.4 cm³/mol. The van der Waals surface area contributed by atoms with E-state index in [2.05, 4.69) is 0 Å². The van der Waals surface area contributed by atoms with E-state index in [1.807, 2.05) is 37.3 Å².